The number of carbonyl (C=O) groups excluding carboxylic acids is 1. The van der Waals surface area contributed by atoms with Crippen molar-refractivity contribution < 1.29 is 26.9 Å². The maximum Gasteiger partial charge on any atom is 0.433 e. The molecule has 0 aliphatic heterocycles. The summed E-state index contributed by atoms with van der Waals surface area (Å²) in [6, 6.07) is 12.6. The first-order valence-electron chi connectivity index (χ1n) is 16.0. The lowest BCUT2D eigenvalue weighted by atomic mass is 9.79. The Bertz CT molecular complexity index is 1900. The lowest BCUT2D eigenvalue weighted by Crippen LogP contribution is -2.52. The van der Waals surface area contributed by atoms with Crippen LogP contribution in [0.15, 0.2) is 78.6 Å². The summed E-state index contributed by atoms with van der Waals surface area (Å²) in [7, 11) is 1.44. The number of alkyl halides is 3. The molecule has 1 saturated carbocycles. The molecule has 0 spiro atoms. The summed E-state index contributed by atoms with van der Waals surface area (Å²) in [6.07, 6.45) is 3.25. The first kappa shape index (κ1) is 36.7. The summed E-state index contributed by atoms with van der Waals surface area (Å²) < 4.78 is 75.2. The van der Waals surface area contributed by atoms with Crippen molar-refractivity contribution in [3.63, 3.8) is 0 Å². The monoisotopic (exact) mass is 709 g/mol. The molecule has 1 aliphatic rings. The molecule has 0 saturated heterocycles. The van der Waals surface area contributed by atoms with Crippen molar-refractivity contribution in [2.75, 3.05) is 12.4 Å². The van der Waals surface area contributed by atoms with Gasteiger partial charge in [0.2, 0.25) is 0 Å². The SMILES string of the molecule is C=Cc1ccc(-n2nc(C(=O)Nc3cc(C(CCC4CC4)(N[S+]([O-])C(C)(C)C)c4ccncc4)ccc3F)cc2C(F)(F)F)cc1C(N)=NC. The van der Waals surface area contributed by atoms with Gasteiger partial charge in [-0.1, -0.05) is 37.6 Å². The highest BCUT2D eigenvalue weighted by Gasteiger charge is 2.44. The smallest absolute Gasteiger partial charge is 0.433 e. The molecular formula is C36H39F4N7O2S. The van der Waals surface area contributed by atoms with E-state index in [2.05, 4.69) is 31.7 Å². The van der Waals surface area contributed by atoms with Gasteiger partial charge < -0.3 is 15.6 Å². The number of hydrogen-bond donors (Lipinski definition) is 3. The van der Waals surface area contributed by atoms with Gasteiger partial charge in [-0.15, -0.1) is 4.72 Å². The first-order chi connectivity index (χ1) is 23.6. The quantitative estimate of drug-likeness (QED) is 0.0620. The van der Waals surface area contributed by atoms with E-state index in [9.17, 15) is 22.5 Å². The molecule has 2 heterocycles. The molecule has 2 unspecified atom stereocenters. The number of aliphatic imine (C=N–C) groups is 1. The average Bonchev–Trinajstić information content (AvgIpc) is 3.80. The molecule has 2 aromatic heterocycles. The van der Waals surface area contributed by atoms with E-state index in [1.54, 1.807) is 30.6 Å². The fourth-order valence-corrected chi connectivity index (χ4v) is 6.52. The topological polar surface area (TPSA) is 133 Å². The van der Waals surface area contributed by atoms with Gasteiger partial charge in [0.1, 0.15) is 27.6 Å². The van der Waals surface area contributed by atoms with E-state index in [0.29, 0.717) is 39.8 Å². The summed E-state index contributed by atoms with van der Waals surface area (Å²) in [5.41, 5.74) is 4.85. The number of pyridine rings is 1. The van der Waals surface area contributed by atoms with Gasteiger partial charge in [0.15, 0.2) is 5.69 Å². The molecule has 0 radical (unpaired) electrons. The predicted molar refractivity (Wildman–Crippen MR) is 188 cm³/mol. The maximum absolute atomic E-state index is 15.4. The van der Waals surface area contributed by atoms with Crippen LogP contribution < -0.4 is 15.8 Å². The van der Waals surface area contributed by atoms with Gasteiger partial charge >= 0.3 is 6.18 Å². The number of amides is 1. The minimum atomic E-state index is -4.90. The summed E-state index contributed by atoms with van der Waals surface area (Å²) in [6.45, 7) is 9.21. The maximum atomic E-state index is 15.4. The van der Waals surface area contributed by atoms with E-state index in [1.165, 1.54) is 43.5 Å². The van der Waals surface area contributed by atoms with E-state index < -0.39 is 50.9 Å². The molecule has 2 aromatic carbocycles. The Hall–Kier alpha value is -4.53. The third-order valence-electron chi connectivity index (χ3n) is 8.58. The molecule has 264 valence electrons. The third kappa shape index (κ3) is 7.92. The van der Waals surface area contributed by atoms with Crippen LogP contribution >= 0.6 is 0 Å². The Labute approximate surface area is 291 Å². The van der Waals surface area contributed by atoms with Gasteiger partial charge in [-0.25, -0.2) is 9.07 Å². The van der Waals surface area contributed by atoms with Crippen molar-refractivity contribution in [2.24, 2.45) is 16.6 Å². The highest BCUT2D eigenvalue weighted by atomic mass is 32.2. The molecule has 9 nitrogen and oxygen atoms in total. The number of nitrogens with zero attached hydrogens (tertiary/aromatic N) is 4. The van der Waals surface area contributed by atoms with E-state index in [1.807, 2.05) is 20.8 Å². The van der Waals surface area contributed by atoms with Crippen LogP contribution in [-0.2, 0) is 23.1 Å². The van der Waals surface area contributed by atoms with Gasteiger partial charge in [-0.2, -0.15) is 18.3 Å². The largest absolute Gasteiger partial charge is 0.598 e. The number of hydrogen-bond acceptors (Lipinski definition) is 6. The van der Waals surface area contributed by atoms with E-state index in [0.717, 1.165) is 24.8 Å². The molecule has 1 amide bonds. The number of anilines is 1. The Morgan fingerprint density at radius 1 is 1.10 bits per heavy atom. The van der Waals surface area contributed by atoms with Crippen LogP contribution in [0.25, 0.3) is 11.8 Å². The second-order valence-corrected chi connectivity index (χ2v) is 15.1. The standard InChI is InChI=1S/C36H39F4N7O2S/c1-6-23-9-11-26(20-27(23)32(41)42-5)47-31(36(38,39)40)21-30(45-47)33(48)44-29-19-25(10-12-28(29)37)35(16-13-22-7-8-22,24-14-17-43-18-15-24)46-50(49)34(2,3)4/h6,9-12,14-15,17-22,46H,1,7-8,13,16H2,2-5H3,(H2,41,42)(H,44,48). The Kier molecular flexibility index (Phi) is 10.6. The minimum Gasteiger partial charge on any atom is -0.598 e. The summed E-state index contributed by atoms with van der Waals surface area (Å²) in [5, 5.41) is 6.42. The number of aromatic nitrogens is 3. The molecule has 0 bridgehead atoms. The third-order valence-corrected chi connectivity index (χ3v) is 10.2. The number of amidine groups is 1. The highest BCUT2D eigenvalue weighted by Crippen LogP contribution is 2.43. The average molecular weight is 710 g/mol. The summed E-state index contributed by atoms with van der Waals surface area (Å²) in [5.74, 6) is -1.33. The molecule has 2 atom stereocenters. The van der Waals surface area contributed by atoms with Crippen molar-refractivity contribution in [1.29, 1.82) is 0 Å². The molecule has 4 aromatic rings. The number of nitrogens with two attached hydrogens (primary N) is 1. The van der Waals surface area contributed by atoms with Crippen LogP contribution in [0.2, 0.25) is 0 Å². The van der Waals surface area contributed by atoms with Crippen molar-refractivity contribution in [3.8, 4) is 5.69 Å². The molecule has 4 N–H and O–H groups in total. The number of nitrogens with one attached hydrogen (secondary N) is 2. The summed E-state index contributed by atoms with van der Waals surface area (Å²) >= 11 is -1.58. The molecule has 50 heavy (non-hydrogen) atoms. The number of rotatable bonds is 12. The van der Waals surface area contributed by atoms with Gasteiger partial charge in [0.05, 0.1) is 11.4 Å². The Balaban J connectivity index is 1.56. The predicted octanol–water partition coefficient (Wildman–Crippen LogP) is 7.14. The fraction of sp³-hybridized carbons (Fsp3) is 0.333. The second-order valence-electron chi connectivity index (χ2n) is 13.2. The first-order valence-corrected chi connectivity index (χ1v) is 17.1. The van der Waals surface area contributed by atoms with Crippen LogP contribution in [-0.4, -0.2) is 42.9 Å². The zero-order valence-electron chi connectivity index (χ0n) is 28.1. The minimum absolute atomic E-state index is 0.0347. The second kappa shape index (κ2) is 14.4. The van der Waals surface area contributed by atoms with Crippen LogP contribution in [0.4, 0.5) is 23.2 Å². The lowest BCUT2D eigenvalue weighted by molar-refractivity contribution is -0.142. The summed E-state index contributed by atoms with van der Waals surface area (Å²) in [4.78, 5) is 21.6. The van der Waals surface area contributed by atoms with E-state index >= 15 is 4.39 Å². The molecule has 1 fully saturated rings. The van der Waals surface area contributed by atoms with Gasteiger partial charge in [-0.05, 0) is 92.6 Å². The van der Waals surface area contributed by atoms with Gasteiger partial charge in [-0.3, -0.25) is 14.8 Å². The van der Waals surface area contributed by atoms with E-state index in [-0.39, 0.29) is 17.2 Å². The highest BCUT2D eigenvalue weighted by molar-refractivity contribution is 7.90. The number of benzene rings is 2. The van der Waals surface area contributed by atoms with Crippen molar-refractivity contribution in [2.45, 2.75) is 62.9 Å². The van der Waals surface area contributed by atoms with Crippen molar-refractivity contribution in [1.82, 2.24) is 19.5 Å². The zero-order valence-corrected chi connectivity index (χ0v) is 29.0. The molecule has 5 rings (SSSR count). The van der Waals surface area contributed by atoms with Crippen LogP contribution in [0.5, 0.6) is 0 Å². The number of halogens is 4. The van der Waals surface area contributed by atoms with Crippen LogP contribution in [0, 0.1) is 11.7 Å². The Morgan fingerprint density at radius 3 is 2.40 bits per heavy atom. The Morgan fingerprint density at radius 2 is 1.80 bits per heavy atom. The zero-order chi connectivity index (χ0) is 36.4. The van der Waals surface area contributed by atoms with Crippen LogP contribution in [0.1, 0.15) is 84.9 Å². The van der Waals surface area contributed by atoms with Crippen LogP contribution in [0.3, 0.4) is 0 Å². The van der Waals surface area contributed by atoms with E-state index in [4.69, 9.17) is 5.73 Å². The number of carbonyl (C=O) groups is 1. The van der Waals surface area contributed by atoms with Gasteiger partial charge in [0.25, 0.3) is 5.91 Å². The fourth-order valence-electron chi connectivity index (χ4n) is 5.56. The van der Waals surface area contributed by atoms with Crippen molar-refractivity contribution in [3.05, 3.63) is 113 Å². The molecule has 1 aliphatic carbocycles. The van der Waals surface area contributed by atoms with Gasteiger partial charge in [0, 0.05) is 42.4 Å². The molecule has 14 heteroatoms. The normalized spacial score (nSPS) is 15.7. The molecular weight excluding hydrogens is 671 g/mol. The van der Waals surface area contributed by atoms with Crippen molar-refractivity contribution >= 4 is 34.9 Å². The lowest BCUT2D eigenvalue weighted by Gasteiger charge is -2.38.